The van der Waals surface area contributed by atoms with E-state index in [0.717, 1.165) is 4.90 Å². The quantitative estimate of drug-likeness (QED) is 0.781. The van der Waals surface area contributed by atoms with Gasteiger partial charge in [0, 0.05) is 5.02 Å². The van der Waals surface area contributed by atoms with Crippen LogP contribution in [0.15, 0.2) is 24.3 Å². The van der Waals surface area contributed by atoms with E-state index in [2.05, 4.69) is 0 Å². The zero-order valence-corrected chi connectivity index (χ0v) is 9.76. The van der Waals surface area contributed by atoms with E-state index in [1.807, 2.05) is 0 Å². The lowest BCUT2D eigenvalue weighted by molar-refractivity contribution is -0.181. The minimum atomic E-state index is -4.43. The van der Waals surface area contributed by atoms with Gasteiger partial charge in [-0.2, -0.15) is 18.4 Å². The van der Waals surface area contributed by atoms with Crippen LogP contribution in [0.4, 0.5) is 13.2 Å². The Balaban J connectivity index is 3.07. The standard InChI is InChI=1S/C11H10ClF3N2/c1-17(7-6-16)10(11(13,14)15)8-2-4-9(12)5-3-8/h2-5,10H,7H2,1H3. The molecule has 0 radical (unpaired) electrons. The van der Waals surface area contributed by atoms with Crippen LogP contribution < -0.4 is 0 Å². The second-order valence-electron chi connectivity index (χ2n) is 3.57. The monoisotopic (exact) mass is 262 g/mol. The highest BCUT2D eigenvalue weighted by molar-refractivity contribution is 6.30. The SMILES string of the molecule is CN(CC#N)C(c1ccc(Cl)cc1)C(F)(F)F. The molecular formula is C11H10ClF3N2. The third kappa shape index (κ3) is 3.62. The van der Waals surface area contributed by atoms with Crippen LogP contribution in [0.2, 0.25) is 5.02 Å². The highest BCUT2D eigenvalue weighted by atomic mass is 35.5. The number of nitriles is 1. The molecule has 0 aliphatic heterocycles. The molecule has 6 heteroatoms. The van der Waals surface area contributed by atoms with Crippen molar-refractivity contribution in [3.63, 3.8) is 0 Å². The minimum absolute atomic E-state index is 0.0691. The molecule has 0 spiro atoms. The van der Waals surface area contributed by atoms with Crippen LogP contribution in [0.25, 0.3) is 0 Å². The van der Waals surface area contributed by atoms with Gasteiger partial charge >= 0.3 is 6.18 Å². The topological polar surface area (TPSA) is 27.0 Å². The minimum Gasteiger partial charge on any atom is -0.279 e. The molecule has 0 saturated carbocycles. The second kappa shape index (κ2) is 5.39. The summed E-state index contributed by atoms with van der Waals surface area (Å²) >= 11 is 5.62. The Kier molecular flexibility index (Phi) is 4.38. The van der Waals surface area contributed by atoms with Crippen LogP contribution >= 0.6 is 11.6 Å². The van der Waals surface area contributed by atoms with Crippen molar-refractivity contribution in [2.45, 2.75) is 12.2 Å². The molecule has 0 aliphatic rings. The molecule has 1 rings (SSSR count). The average Bonchev–Trinajstić information content (AvgIpc) is 2.19. The fraction of sp³-hybridized carbons (Fsp3) is 0.364. The van der Waals surface area contributed by atoms with E-state index >= 15 is 0 Å². The van der Waals surface area contributed by atoms with E-state index in [-0.39, 0.29) is 12.1 Å². The molecule has 92 valence electrons. The number of benzene rings is 1. The Hall–Kier alpha value is -1.25. The number of hydrogen-bond acceptors (Lipinski definition) is 2. The Labute approximate surface area is 102 Å². The fourth-order valence-corrected chi connectivity index (χ4v) is 1.67. The number of alkyl halides is 3. The number of hydrogen-bond donors (Lipinski definition) is 0. The molecule has 0 amide bonds. The Morgan fingerprint density at radius 3 is 2.29 bits per heavy atom. The molecule has 1 unspecified atom stereocenters. The molecule has 0 N–H and O–H groups in total. The summed E-state index contributed by atoms with van der Waals surface area (Å²) in [6.45, 7) is -0.299. The van der Waals surface area contributed by atoms with Crippen molar-refractivity contribution < 1.29 is 13.2 Å². The maximum Gasteiger partial charge on any atom is 0.408 e. The smallest absolute Gasteiger partial charge is 0.279 e. The van der Waals surface area contributed by atoms with Gasteiger partial charge in [-0.05, 0) is 24.7 Å². The predicted octanol–water partition coefficient (Wildman–Crippen LogP) is 3.40. The van der Waals surface area contributed by atoms with Gasteiger partial charge < -0.3 is 0 Å². The van der Waals surface area contributed by atoms with Crippen LogP contribution in [0, 0.1) is 11.3 Å². The van der Waals surface area contributed by atoms with Crippen LogP contribution in [0.1, 0.15) is 11.6 Å². The Bertz CT molecular complexity index is 408. The molecule has 17 heavy (non-hydrogen) atoms. The zero-order valence-electron chi connectivity index (χ0n) is 9.00. The maximum atomic E-state index is 12.9. The highest BCUT2D eigenvalue weighted by Crippen LogP contribution is 2.37. The van der Waals surface area contributed by atoms with Gasteiger partial charge in [-0.15, -0.1) is 0 Å². The van der Waals surface area contributed by atoms with Crippen molar-refractivity contribution in [1.82, 2.24) is 4.90 Å². The average molecular weight is 263 g/mol. The molecule has 1 aromatic rings. The highest BCUT2D eigenvalue weighted by Gasteiger charge is 2.43. The van der Waals surface area contributed by atoms with Crippen LogP contribution in [0.5, 0.6) is 0 Å². The van der Waals surface area contributed by atoms with Gasteiger partial charge in [0.2, 0.25) is 0 Å². The summed E-state index contributed by atoms with van der Waals surface area (Å²) in [5, 5.41) is 8.83. The molecule has 0 heterocycles. The lowest BCUT2D eigenvalue weighted by atomic mass is 10.1. The van der Waals surface area contributed by atoms with Crippen molar-refractivity contribution in [1.29, 1.82) is 5.26 Å². The first-order chi connectivity index (χ1) is 7.86. The summed E-state index contributed by atoms with van der Waals surface area (Å²) in [4.78, 5) is 0.948. The van der Waals surface area contributed by atoms with Crippen LogP contribution in [0.3, 0.4) is 0 Å². The molecule has 1 atom stereocenters. The van der Waals surface area contributed by atoms with Gasteiger partial charge in [-0.3, -0.25) is 4.90 Å². The van der Waals surface area contributed by atoms with Gasteiger partial charge in [-0.1, -0.05) is 23.7 Å². The van der Waals surface area contributed by atoms with Crippen LogP contribution in [-0.4, -0.2) is 24.7 Å². The lowest BCUT2D eigenvalue weighted by Crippen LogP contribution is -2.36. The number of halogens is 4. The van der Waals surface area contributed by atoms with Crippen LogP contribution in [-0.2, 0) is 0 Å². The van der Waals surface area contributed by atoms with Crippen molar-refractivity contribution in [2.75, 3.05) is 13.6 Å². The van der Waals surface area contributed by atoms with Gasteiger partial charge in [0.15, 0.2) is 0 Å². The van der Waals surface area contributed by atoms with E-state index in [1.165, 1.54) is 31.3 Å². The summed E-state index contributed by atoms with van der Waals surface area (Å²) in [6, 6.07) is 5.33. The van der Waals surface area contributed by atoms with E-state index < -0.39 is 12.2 Å². The summed E-state index contributed by atoms with van der Waals surface area (Å²) in [7, 11) is 1.26. The summed E-state index contributed by atoms with van der Waals surface area (Å²) in [5.74, 6) is 0. The van der Waals surface area contributed by atoms with Crippen molar-refractivity contribution in [3.8, 4) is 6.07 Å². The van der Waals surface area contributed by atoms with E-state index in [0.29, 0.717) is 5.02 Å². The molecular weight excluding hydrogens is 253 g/mol. The molecule has 0 fully saturated rings. The van der Waals surface area contributed by atoms with Gasteiger partial charge in [0.1, 0.15) is 6.04 Å². The third-order valence-corrected chi connectivity index (χ3v) is 2.51. The zero-order chi connectivity index (χ0) is 13.1. The third-order valence-electron chi connectivity index (χ3n) is 2.26. The summed E-state index contributed by atoms with van der Waals surface area (Å²) in [6.07, 6.45) is -4.43. The Morgan fingerprint density at radius 1 is 1.35 bits per heavy atom. The summed E-state index contributed by atoms with van der Waals surface area (Å²) in [5.41, 5.74) is 0.0691. The molecule has 0 aliphatic carbocycles. The van der Waals surface area contributed by atoms with E-state index in [9.17, 15) is 13.2 Å². The van der Waals surface area contributed by atoms with Crippen molar-refractivity contribution >= 4 is 11.6 Å². The molecule has 0 bridgehead atoms. The number of rotatable bonds is 3. The van der Waals surface area contributed by atoms with Gasteiger partial charge in [0.25, 0.3) is 0 Å². The molecule has 0 aromatic heterocycles. The molecule has 2 nitrogen and oxygen atoms in total. The first kappa shape index (κ1) is 13.8. The molecule has 1 aromatic carbocycles. The lowest BCUT2D eigenvalue weighted by Gasteiger charge is -2.28. The molecule has 0 saturated heterocycles. The summed E-state index contributed by atoms with van der Waals surface area (Å²) < 4.78 is 38.7. The number of nitrogens with zero attached hydrogens (tertiary/aromatic N) is 2. The maximum absolute atomic E-state index is 12.9. The second-order valence-corrected chi connectivity index (χ2v) is 4.01. The van der Waals surface area contributed by atoms with Gasteiger partial charge in [0.05, 0.1) is 12.6 Å². The fourth-order valence-electron chi connectivity index (χ4n) is 1.54. The largest absolute Gasteiger partial charge is 0.408 e. The normalized spacial score (nSPS) is 13.5. The van der Waals surface area contributed by atoms with E-state index in [4.69, 9.17) is 16.9 Å². The Morgan fingerprint density at radius 2 is 1.88 bits per heavy atom. The van der Waals surface area contributed by atoms with Crippen molar-refractivity contribution in [2.24, 2.45) is 0 Å². The first-order valence-corrected chi connectivity index (χ1v) is 5.13. The van der Waals surface area contributed by atoms with E-state index in [1.54, 1.807) is 6.07 Å². The predicted molar refractivity (Wildman–Crippen MR) is 58.5 cm³/mol. The van der Waals surface area contributed by atoms with Crippen molar-refractivity contribution in [3.05, 3.63) is 34.9 Å². The first-order valence-electron chi connectivity index (χ1n) is 4.75. The van der Waals surface area contributed by atoms with Gasteiger partial charge in [-0.25, -0.2) is 0 Å².